The second-order valence-corrected chi connectivity index (χ2v) is 12.8. The van der Waals surface area contributed by atoms with Crippen LogP contribution in [0.2, 0.25) is 0 Å². The van der Waals surface area contributed by atoms with Crippen molar-refractivity contribution in [2.45, 2.75) is 92.3 Å². The van der Waals surface area contributed by atoms with E-state index in [1.54, 1.807) is 60.3 Å². The third-order valence-electron chi connectivity index (χ3n) is 6.70. The minimum Gasteiger partial charge on any atom is -0.459 e. The molecule has 0 bridgehead atoms. The molecular weight excluding hydrogens is 570 g/mol. The molecular formula is C32H51N3O9. The van der Waals surface area contributed by atoms with Crippen LogP contribution in [0.5, 0.6) is 0 Å². The fourth-order valence-corrected chi connectivity index (χ4v) is 4.50. The van der Waals surface area contributed by atoms with Crippen LogP contribution in [0.4, 0.5) is 9.59 Å². The molecule has 0 aliphatic carbocycles. The van der Waals surface area contributed by atoms with Crippen molar-refractivity contribution in [2.24, 2.45) is 5.41 Å². The van der Waals surface area contributed by atoms with Gasteiger partial charge in [0.2, 0.25) is 5.91 Å². The van der Waals surface area contributed by atoms with E-state index >= 15 is 0 Å². The molecule has 1 fully saturated rings. The van der Waals surface area contributed by atoms with E-state index in [0.29, 0.717) is 13.2 Å². The van der Waals surface area contributed by atoms with Crippen LogP contribution in [0.15, 0.2) is 30.3 Å². The number of likely N-dealkylation sites (tertiary alicyclic amines) is 1. The zero-order valence-corrected chi connectivity index (χ0v) is 27.6. The Bertz CT molecular complexity index is 1070. The van der Waals surface area contributed by atoms with Gasteiger partial charge in [-0.25, -0.2) is 9.59 Å². The van der Waals surface area contributed by atoms with Crippen LogP contribution in [0.3, 0.4) is 0 Å². The first-order valence-electron chi connectivity index (χ1n) is 15.2. The molecule has 2 rings (SSSR count). The quantitative estimate of drug-likeness (QED) is 0.192. The third-order valence-corrected chi connectivity index (χ3v) is 6.70. The Morgan fingerprint density at radius 2 is 1.48 bits per heavy atom. The summed E-state index contributed by atoms with van der Waals surface area (Å²) in [5.41, 5.74) is -1.67. The summed E-state index contributed by atoms with van der Waals surface area (Å²) in [6.45, 7) is 15.1. The van der Waals surface area contributed by atoms with Gasteiger partial charge >= 0.3 is 18.2 Å². The molecule has 1 aromatic carbocycles. The molecule has 1 aromatic rings. The van der Waals surface area contributed by atoms with E-state index in [2.05, 4.69) is 5.32 Å². The normalized spacial score (nSPS) is 15.0. The molecule has 3 amide bonds. The summed E-state index contributed by atoms with van der Waals surface area (Å²) < 4.78 is 28.0. The molecule has 1 saturated heterocycles. The van der Waals surface area contributed by atoms with Gasteiger partial charge in [0, 0.05) is 32.8 Å². The van der Waals surface area contributed by atoms with Crippen molar-refractivity contribution in [2.75, 3.05) is 45.9 Å². The molecule has 0 atom stereocenters. The molecule has 12 nitrogen and oxygen atoms in total. The first kappa shape index (κ1) is 36.8. The molecule has 0 spiro atoms. The molecule has 1 N–H and O–H groups in total. The van der Waals surface area contributed by atoms with Gasteiger partial charge in [-0.15, -0.1) is 0 Å². The lowest BCUT2D eigenvalue weighted by Gasteiger charge is -2.41. The number of carbonyl (C=O) groups is 4. The number of hydrogen-bond acceptors (Lipinski definition) is 9. The second kappa shape index (κ2) is 16.6. The molecule has 0 unspecified atom stereocenters. The Balaban J connectivity index is 2.15. The van der Waals surface area contributed by atoms with Crippen molar-refractivity contribution in [3.05, 3.63) is 35.9 Å². The summed E-state index contributed by atoms with van der Waals surface area (Å²) in [4.78, 5) is 55.3. The van der Waals surface area contributed by atoms with E-state index in [9.17, 15) is 19.2 Å². The number of rotatable bonds is 13. The molecule has 44 heavy (non-hydrogen) atoms. The number of carbonyl (C=O) groups excluding carboxylic acids is 4. The Kier molecular flexibility index (Phi) is 13.9. The Hall–Kier alpha value is -3.38. The van der Waals surface area contributed by atoms with Crippen LogP contribution in [0.25, 0.3) is 0 Å². The van der Waals surface area contributed by atoms with Gasteiger partial charge in [0.05, 0.1) is 12.0 Å². The Labute approximate surface area is 261 Å². The number of piperidine rings is 1. The van der Waals surface area contributed by atoms with E-state index in [-0.39, 0.29) is 52.2 Å². The maximum Gasteiger partial charge on any atom is 0.410 e. The largest absolute Gasteiger partial charge is 0.459 e. The highest BCUT2D eigenvalue weighted by molar-refractivity contribution is 5.84. The lowest BCUT2D eigenvalue weighted by Crippen LogP contribution is -2.54. The predicted octanol–water partition coefficient (Wildman–Crippen LogP) is 4.50. The van der Waals surface area contributed by atoms with Crippen molar-refractivity contribution < 1.29 is 42.9 Å². The fourth-order valence-electron chi connectivity index (χ4n) is 4.50. The summed E-state index contributed by atoms with van der Waals surface area (Å²) in [5.74, 6) is -0.952. The number of benzene rings is 1. The molecule has 0 radical (unpaired) electrons. The van der Waals surface area contributed by atoms with Crippen LogP contribution < -0.4 is 5.32 Å². The van der Waals surface area contributed by atoms with Crippen molar-refractivity contribution in [3.63, 3.8) is 0 Å². The van der Waals surface area contributed by atoms with Crippen LogP contribution in [0.1, 0.15) is 73.8 Å². The Morgan fingerprint density at radius 1 is 0.909 bits per heavy atom. The maximum absolute atomic E-state index is 13.5. The summed E-state index contributed by atoms with van der Waals surface area (Å²) in [6, 6.07) is 9.21. The molecule has 0 aromatic heterocycles. The SMILES string of the molecule is CCOC(CN(CC(=O)NCC1(C(=O)OC(C)(C)C)CCN(C(=O)OC(C)(C)C)CC1)C(=O)OCc1ccccc1)OCC. The molecule has 248 valence electrons. The maximum atomic E-state index is 13.5. The molecule has 1 heterocycles. The van der Waals surface area contributed by atoms with Crippen molar-refractivity contribution >= 4 is 24.1 Å². The van der Waals surface area contributed by atoms with Crippen LogP contribution in [-0.2, 0) is 39.9 Å². The number of hydrogen-bond donors (Lipinski definition) is 1. The van der Waals surface area contributed by atoms with Gasteiger partial charge < -0.3 is 33.9 Å². The monoisotopic (exact) mass is 621 g/mol. The molecule has 1 aliphatic heterocycles. The van der Waals surface area contributed by atoms with Crippen molar-refractivity contribution in [1.82, 2.24) is 15.1 Å². The fraction of sp³-hybridized carbons (Fsp3) is 0.688. The molecule has 12 heteroatoms. The van der Waals surface area contributed by atoms with Crippen LogP contribution in [0, 0.1) is 5.41 Å². The highest BCUT2D eigenvalue weighted by Crippen LogP contribution is 2.34. The van der Waals surface area contributed by atoms with E-state index in [1.165, 1.54) is 4.90 Å². The predicted molar refractivity (Wildman–Crippen MR) is 164 cm³/mol. The second-order valence-electron chi connectivity index (χ2n) is 12.8. The van der Waals surface area contributed by atoms with E-state index in [1.807, 2.05) is 30.3 Å². The van der Waals surface area contributed by atoms with E-state index in [0.717, 1.165) is 5.56 Å². The smallest absolute Gasteiger partial charge is 0.410 e. The minimum absolute atomic E-state index is 0.0294. The van der Waals surface area contributed by atoms with Gasteiger partial charge in [-0.3, -0.25) is 14.5 Å². The summed E-state index contributed by atoms with van der Waals surface area (Å²) in [6.07, 6.45) is -1.39. The average Bonchev–Trinajstić information content (AvgIpc) is 2.93. The molecule has 1 aliphatic rings. The summed E-state index contributed by atoms with van der Waals surface area (Å²) in [7, 11) is 0. The summed E-state index contributed by atoms with van der Waals surface area (Å²) >= 11 is 0. The van der Waals surface area contributed by atoms with Gasteiger partial charge in [0.15, 0.2) is 6.29 Å². The van der Waals surface area contributed by atoms with Gasteiger partial charge in [-0.05, 0) is 73.8 Å². The highest BCUT2D eigenvalue weighted by atomic mass is 16.7. The van der Waals surface area contributed by atoms with E-state index in [4.69, 9.17) is 23.7 Å². The zero-order valence-electron chi connectivity index (χ0n) is 27.6. The van der Waals surface area contributed by atoms with Crippen LogP contribution in [-0.4, -0.2) is 97.3 Å². The first-order valence-corrected chi connectivity index (χ1v) is 15.2. The molecule has 0 saturated carbocycles. The number of amides is 3. The number of nitrogens with one attached hydrogen (secondary N) is 1. The lowest BCUT2D eigenvalue weighted by molar-refractivity contribution is -0.170. The van der Waals surface area contributed by atoms with Gasteiger partial charge in [0.1, 0.15) is 24.4 Å². The third kappa shape index (κ3) is 12.7. The minimum atomic E-state index is -1.07. The van der Waals surface area contributed by atoms with Crippen molar-refractivity contribution in [1.29, 1.82) is 0 Å². The summed E-state index contributed by atoms with van der Waals surface area (Å²) in [5, 5.41) is 2.83. The average molecular weight is 622 g/mol. The number of ether oxygens (including phenoxy) is 5. The number of esters is 1. The van der Waals surface area contributed by atoms with Crippen LogP contribution >= 0.6 is 0 Å². The highest BCUT2D eigenvalue weighted by Gasteiger charge is 2.46. The Morgan fingerprint density at radius 3 is 2.00 bits per heavy atom. The number of nitrogens with zero attached hydrogens (tertiary/aromatic N) is 2. The zero-order chi connectivity index (χ0) is 33.0. The van der Waals surface area contributed by atoms with Gasteiger partial charge in [-0.1, -0.05) is 30.3 Å². The lowest BCUT2D eigenvalue weighted by atomic mass is 9.78. The van der Waals surface area contributed by atoms with E-state index < -0.39 is 47.0 Å². The van der Waals surface area contributed by atoms with Gasteiger partial charge in [-0.2, -0.15) is 0 Å². The topological polar surface area (TPSA) is 133 Å². The standard InChI is InChI=1S/C32H51N3O9/c1-9-40-26(41-10-2)21-35(28(38)42-22-24-14-12-11-13-15-24)20-25(36)33-23-32(27(37)43-30(3,4)5)16-18-34(19-17-32)29(39)44-31(6,7)8/h11-15,26H,9-10,16-23H2,1-8H3,(H,33,36). The van der Waals surface area contributed by atoms with Crippen molar-refractivity contribution in [3.8, 4) is 0 Å². The van der Waals surface area contributed by atoms with Gasteiger partial charge in [0.25, 0.3) is 0 Å². The first-order chi connectivity index (χ1) is 20.6.